The summed E-state index contributed by atoms with van der Waals surface area (Å²) in [4.78, 5) is 26.2. The monoisotopic (exact) mass is 311 g/mol. The fourth-order valence-electron chi connectivity index (χ4n) is 1.65. The molecule has 0 aliphatic rings. The van der Waals surface area contributed by atoms with Gasteiger partial charge in [0.05, 0.1) is 24.5 Å². The third kappa shape index (κ3) is 3.61. The molecular weight excluding hydrogens is 298 g/mol. The first-order valence-corrected chi connectivity index (χ1v) is 6.75. The number of anilines is 1. The lowest BCUT2D eigenvalue weighted by Gasteiger charge is -2.04. The minimum absolute atomic E-state index is 0.0807. The Morgan fingerprint density at radius 2 is 2.29 bits per heavy atom. The minimum atomic E-state index is -1.16. The summed E-state index contributed by atoms with van der Waals surface area (Å²) in [7, 11) is 1.46. The predicted octanol–water partition coefficient (Wildman–Crippen LogP) is 0.586. The lowest BCUT2D eigenvalue weighted by Crippen LogP contribution is -2.11. The molecule has 0 aromatic carbocycles. The number of methoxy groups -OCH3 is 1. The summed E-state index contributed by atoms with van der Waals surface area (Å²) in [5.74, 6) is -1.37. The standard InChI is InChI=1S/C11H13N5O4S/c1-6(17)12-11-13-7(5-21-11)3-16-8(4-20-2)9(10(18)19)14-15-16/h5H,3-4H2,1-2H3,(H,18,19)(H,12,13,17). The average Bonchev–Trinajstić information content (AvgIpc) is 2.98. The topological polar surface area (TPSA) is 119 Å². The Hall–Kier alpha value is -2.33. The number of rotatable bonds is 6. The lowest BCUT2D eigenvalue weighted by atomic mass is 10.3. The van der Waals surface area contributed by atoms with E-state index in [1.807, 2.05) is 0 Å². The second-order valence-corrected chi connectivity index (χ2v) is 4.96. The molecule has 0 spiro atoms. The van der Waals surface area contributed by atoms with E-state index in [1.54, 1.807) is 5.38 Å². The van der Waals surface area contributed by atoms with Gasteiger partial charge >= 0.3 is 5.97 Å². The second kappa shape index (κ2) is 6.41. The number of hydrogen-bond acceptors (Lipinski definition) is 7. The van der Waals surface area contributed by atoms with Crippen molar-refractivity contribution in [2.24, 2.45) is 0 Å². The molecule has 0 aliphatic carbocycles. The van der Waals surface area contributed by atoms with Crippen molar-refractivity contribution in [2.45, 2.75) is 20.1 Å². The first-order valence-electron chi connectivity index (χ1n) is 5.88. The molecule has 0 saturated heterocycles. The van der Waals surface area contributed by atoms with Gasteiger partial charge in [-0.2, -0.15) is 0 Å². The summed E-state index contributed by atoms with van der Waals surface area (Å²) in [5.41, 5.74) is 0.858. The van der Waals surface area contributed by atoms with Gasteiger partial charge in [0.25, 0.3) is 0 Å². The van der Waals surface area contributed by atoms with Crippen LogP contribution in [0.2, 0.25) is 0 Å². The molecule has 2 aromatic heterocycles. The van der Waals surface area contributed by atoms with E-state index in [2.05, 4.69) is 20.6 Å². The summed E-state index contributed by atoms with van der Waals surface area (Å²) in [6.45, 7) is 1.72. The largest absolute Gasteiger partial charge is 0.476 e. The SMILES string of the molecule is COCc1c(C(=O)O)nnn1Cc1csc(NC(C)=O)n1. The maximum atomic E-state index is 11.1. The molecule has 0 bridgehead atoms. The van der Waals surface area contributed by atoms with Crippen LogP contribution in [0.4, 0.5) is 5.13 Å². The molecule has 2 rings (SSSR count). The third-order valence-corrected chi connectivity index (χ3v) is 3.27. The van der Waals surface area contributed by atoms with Crippen LogP contribution in [0.15, 0.2) is 5.38 Å². The highest BCUT2D eigenvalue weighted by Gasteiger charge is 2.19. The van der Waals surface area contributed by atoms with Gasteiger partial charge in [-0.05, 0) is 0 Å². The van der Waals surface area contributed by atoms with Gasteiger partial charge in [0.1, 0.15) is 0 Å². The minimum Gasteiger partial charge on any atom is -0.476 e. The number of carbonyl (C=O) groups is 2. The number of aromatic nitrogens is 4. The third-order valence-electron chi connectivity index (χ3n) is 2.47. The van der Waals surface area contributed by atoms with Gasteiger partial charge in [-0.1, -0.05) is 5.21 Å². The Balaban J connectivity index is 2.20. The van der Waals surface area contributed by atoms with Crippen LogP contribution in [0.1, 0.15) is 28.8 Å². The van der Waals surface area contributed by atoms with Crippen molar-refractivity contribution < 1.29 is 19.4 Å². The molecule has 10 heteroatoms. The number of carbonyl (C=O) groups excluding carboxylic acids is 1. The zero-order valence-corrected chi connectivity index (χ0v) is 12.2. The average molecular weight is 311 g/mol. The highest BCUT2D eigenvalue weighted by molar-refractivity contribution is 7.13. The number of amides is 1. The molecule has 2 N–H and O–H groups in total. The molecule has 0 fully saturated rings. The van der Waals surface area contributed by atoms with E-state index in [1.165, 1.54) is 30.1 Å². The highest BCUT2D eigenvalue weighted by atomic mass is 32.1. The number of nitrogens with one attached hydrogen (secondary N) is 1. The van der Waals surface area contributed by atoms with Gasteiger partial charge in [0.2, 0.25) is 5.91 Å². The van der Waals surface area contributed by atoms with Crippen molar-refractivity contribution in [1.29, 1.82) is 0 Å². The predicted molar refractivity (Wildman–Crippen MR) is 73.2 cm³/mol. The van der Waals surface area contributed by atoms with Crippen molar-refractivity contribution in [3.63, 3.8) is 0 Å². The molecule has 0 atom stereocenters. The van der Waals surface area contributed by atoms with Gasteiger partial charge < -0.3 is 15.2 Å². The van der Waals surface area contributed by atoms with Crippen LogP contribution in [0, 0.1) is 0 Å². The van der Waals surface area contributed by atoms with Crippen LogP contribution in [-0.2, 0) is 22.7 Å². The van der Waals surface area contributed by atoms with Crippen LogP contribution >= 0.6 is 11.3 Å². The number of thiazole rings is 1. The number of hydrogen-bond donors (Lipinski definition) is 2. The number of carboxylic acids is 1. The first-order chi connectivity index (χ1) is 10.0. The lowest BCUT2D eigenvalue weighted by molar-refractivity contribution is -0.114. The van der Waals surface area contributed by atoms with E-state index >= 15 is 0 Å². The summed E-state index contributed by atoms with van der Waals surface area (Å²) in [6, 6.07) is 0. The summed E-state index contributed by atoms with van der Waals surface area (Å²) >= 11 is 1.28. The molecule has 9 nitrogen and oxygen atoms in total. The molecular formula is C11H13N5O4S. The summed E-state index contributed by atoms with van der Waals surface area (Å²) in [5, 5.41) is 21.3. The number of ether oxygens (including phenoxy) is 1. The number of carboxylic acid groups (broad SMARTS) is 1. The Morgan fingerprint density at radius 3 is 2.90 bits per heavy atom. The van der Waals surface area contributed by atoms with Gasteiger partial charge in [-0.25, -0.2) is 14.5 Å². The molecule has 21 heavy (non-hydrogen) atoms. The molecule has 0 radical (unpaired) electrons. The molecule has 112 valence electrons. The Kier molecular flexibility index (Phi) is 4.60. The van der Waals surface area contributed by atoms with Crippen molar-refractivity contribution >= 4 is 28.3 Å². The Bertz CT molecular complexity index is 665. The van der Waals surface area contributed by atoms with Crippen molar-refractivity contribution in [2.75, 3.05) is 12.4 Å². The molecule has 2 heterocycles. The molecule has 0 unspecified atom stereocenters. The number of aromatic carboxylic acids is 1. The molecule has 1 amide bonds. The van der Waals surface area contributed by atoms with Crippen LogP contribution in [0.25, 0.3) is 0 Å². The maximum absolute atomic E-state index is 11.1. The molecule has 2 aromatic rings. The van der Waals surface area contributed by atoms with Crippen molar-refractivity contribution in [3.05, 3.63) is 22.5 Å². The van der Waals surface area contributed by atoms with E-state index in [9.17, 15) is 9.59 Å². The molecule has 0 aliphatic heterocycles. The Labute approximate surface area is 123 Å². The number of nitrogens with zero attached hydrogens (tertiary/aromatic N) is 4. The van der Waals surface area contributed by atoms with E-state index in [4.69, 9.17) is 9.84 Å². The van der Waals surface area contributed by atoms with E-state index in [0.717, 1.165) is 0 Å². The summed E-state index contributed by atoms with van der Waals surface area (Å²) < 4.78 is 6.39. The van der Waals surface area contributed by atoms with Crippen molar-refractivity contribution in [3.8, 4) is 0 Å². The zero-order valence-electron chi connectivity index (χ0n) is 11.4. The summed E-state index contributed by atoms with van der Waals surface area (Å²) in [6.07, 6.45) is 0. The van der Waals surface area contributed by atoms with Gasteiger partial charge in [0.15, 0.2) is 10.8 Å². The van der Waals surface area contributed by atoms with Gasteiger partial charge in [0, 0.05) is 19.4 Å². The van der Waals surface area contributed by atoms with Crippen LogP contribution in [-0.4, -0.2) is 44.1 Å². The molecule has 0 saturated carbocycles. The van der Waals surface area contributed by atoms with Crippen LogP contribution < -0.4 is 5.32 Å². The van der Waals surface area contributed by atoms with E-state index in [0.29, 0.717) is 16.5 Å². The zero-order chi connectivity index (χ0) is 15.4. The maximum Gasteiger partial charge on any atom is 0.358 e. The van der Waals surface area contributed by atoms with Crippen molar-refractivity contribution in [1.82, 2.24) is 20.0 Å². The van der Waals surface area contributed by atoms with Crippen LogP contribution in [0.5, 0.6) is 0 Å². The van der Waals surface area contributed by atoms with Gasteiger partial charge in [-0.3, -0.25) is 4.79 Å². The second-order valence-electron chi connectivity index (χ2n) is 4.11. The highest BCUT2D eigenvalue weighted by Crippen LogP contribution is 2.17. The van der Waals surface area contributed by atoms with Gasteiger partial charge in [-0.15, -0.1) is 16.4 Å². The first kappa shape index (κ1) is 15.1. The quantitative estimate of drug-likeness (QED) is 0.801. The van der Waals surface area contributed by atoms with E-state index < -0.39 is 5.97 Å². The van der Waals surface area contributed by atoms with Crippen LogP contribution in [0.3, 0.4) is 0 Å². The van der Waals surface area contributed by atoms with E-state index in [-0.39, 0.29) is 24.8 Å². The normalized spacial score (nSPS) is 10.6. The fourth-order valence-corrected chi connectivity index (χ4v) is 2.39. The fraction of sp³-hybridized carbons (Fsp3) is 0.364. The smallest absolute Gasteiger partial charge is 0.358 e. The Morgan fingerprint density at radius 1 is 1.52 bits per heavy atom.